The molecular weight excluding hydrogens is 210 g/mol. The van der Waals surface area contributed by atoms with E-state index in [-0.39, 0.29) is 0 Å². The predicted molar refractivity (Wildman–Crippen MR) is 73.2 cm³/mol. The highest BCUT2D eigenvalue weighted by Gasteiger charge is 2.24. The first-order chi connectivity index (χ1) is 8.17. The number of nitrogens with zero attached hydrogens (tertiary/aromatic N) is 1. The van der Waals surface area contributed by atoms with Crippen molar-refractivity contribution in [2.75, 3.05) is 19.6 Å². The zero-order valence-electron chi connectivity index (χ0n) is 11.9. The summed E-state index contributed by atoms with van der Waals surface area (Å²) in [6.07, 6.45) is 7.59. The second kappa shape index (κ2) is 7.86. The van der Waals surface area contributed by atoms with Gasteiger partial charge in [-0.2, -0.15) is 0 Å². The van der Waals surface area contributed by atoms with Crippen molar-refractivity contribution < 1.29 is 4.79 Å². The number of hydrogen-bond acceptors (Lipinski definition) is 2. The average Bonchev–Trinajstić information content (AvgIpc) is 2.34. The molecule has 2 nitrogen and oxygen atoms in total. The van der Waals surface area contributed by atoms with E-state index in [2.05, 4.69) is 18.7 Å². The van der Waals surface area contributed by atoms with Gasteiger partial charge in [0.1, 0.15) is 5.78 Å². The van der Waals surface area contributed by atoms with Crippen molar-refractivity contribution in [1.29, 1.82) is 0 Å². The molecule has 0 saturated carbocycles. The summed E-state index contributed by atoms with van der Waals surface area (Å²) in [5.41, 5.74) is 0. The number of piperidine rings is 1. The van der Waals surface area contributed by atoms with Crippen LogP contribution in [-0.2, 0) is 4.79 Å². The Bertz CT molecular complexity index is 227. The van der Waals surface area contributed by atoms with Crippen molar-refractivity contribution in [2.24, 2.45) is 11.8 Å². The van der Waals surface area contributed by atoms with Crippen LogP contribution >= 0.6 is 0 Å². The van der Waals surface area contributed by atoms with Crippen LogP contribution in [0.25, 0.3) is 0 Å². The van der Waals surface area contributed by atoms with Gasteiger partial charge in [-0.1, -0.05) is 33.1 Å². The van der Waals surface area contributed by atoms with E-state index in [1.807, 2.05) is 0 Å². The van der Waals surface area contributed by atoms with Crippen LogP contribution in [0.3, 0.4) is 0 Å². The number of carbonyl (C=O) groups excluding carboxylic acids is 1. The number of hydrogen-bond donors (Lipinski definition) is 0. The van der Waals surface area contributed by atoms with Crippen molar-refractivity contribution in [2.45, 2.75) is 59.3 Å². The lowest BCUT2D eigenvalue weighted by atomic mass is 9.92. The first-order valence-electron chi connectivity index (χ1n) is 7.40. The third kappa shape index (κ3) is 5.20. The minimum absolute atomic E-state index is 0.312. The molecule has 1 aliphatic rings. The summed E-state index contributed by atoms with van der Waals surface area (Å²) in [7, 11) is 0. The van der Waals surface area contributed by atoms with E-state index in [0.717, 1.165) is 18.9 Å². The number of likely N-dealkylation sites (tertiary alicyclic amines) is 1. The Hall–Kier alpha value is -0.370. The Morgan fingerprint density at radius 2 is 2.18 bits per heavy atom. The monoisotopic (exact) mass is 239 g/mol. The SMILES string of the molecule is CCCCC(CC)CN1CCCC(C(C)=O)C1. The smallest absolute Gasteiger partial charge is 0.134 e. The van der Waals surface area contributed by atoms with Crippen molar-refractivity contribution in [3.8, 4) is 0 Å². The largest absolute Gasteiger partial charge is 0.302 e. The standard InChI is InChI=1S/C15H29NO/c1-4-6-8-14(5-2)11-16-10-7-9-15(12-16)13(3)17/h14-15H,4-12H2,1-3H3. The molecule has 2 heteroatoms. The maximum Gasteiger partial charge on any atom is 0.134 e. The van der Waals surface area contributed by atoms with E-state index in [1.165, 1.54) is 45.2 Å². The zero-order valence-corrected chi connectivity index (χ0v) is 11.9. The van der Waals surface area contributed by atoms with Gasteiger partial charge in [0.15, 0.2) is 0 Å². The van der Waals surface area contributed by atoms with Gasteiger partial charge in [-0.3, -0.25) is 4.79 Å². The Morgan fingerprint density at radius 3 is 2.76 bits per heavy atom. The van der Waals surface area contributed by atoms with E-state index in [4.69, 9.17) is 0 Å². The minimum atomic E-state index is 0.312. The average molecular weight is 239 g/mol. The van der Waals surface area contributed by atoms with Crippen LogP contribution in [0.15, 0.2) is 0 Å². The fourth-order valence-electron chi connectivity index (χ4n) is 2.84. The van der Waals surface area contributed by atoms with E-state index in [1.54, 1.807) is 6.92 Å². The molecule has 1 heterocycles. The van der Waals surface area contributed by atoms with Crippen LogP contribution in [0, 0.1) is 11.8 Å². The lowest BCUT2D eigenvalue weighted by molar-refractivity contribution is -0.122. The van der Waals surface area contributed by atoms with Gasteiger partial charge < -0.3 is 4.90 Å². The van der Waals surface area contributed by atoms with Crippen LogP contribution in [-0.4, -0.2) is 30.3 Å². The second-order valence-corrected chi connectivity index (χ2v) is 5.63. The van der Waals surface area contributed by atoms with E-state index >= 15 is 0 Å². The molecule has 100 valence electrons. The lowest BCUT2D eigenvalue weighted by Gasteiger charge is -2.34. The highest BCUT2D eigenvalue weighted by atomic mass is 16.1. The number of Topliss-reactive ketones (excluding diaryl/α,β-unsaturated/α-hetero) is 1. The molecule has 1 aliphatic heterocycles. The van der Waals surface area contributed by atoms with Gasteiger partial charge in [-0.15, -0.1) is 0 Å². The van der Waals surface area contributed by atoms with Gasteiger partial charge in [0, 0.05) is 19.0 Å². The van der Waals surface area contributed by atoms with Crippen molar-refractivity contribution >= 4 is 5.78 Å². The molecule has 17 heavy (non-hydrogen) atoms. The molecule has 0 amide bonds. The molecule has 1 fully saturated rings. The molecule has 1 saturated heterocycles. The minimum Gasteiger partial charge on any atom is -0.302 e. The van der Waals surface area contributed by atoms with Crippen molar-refractivity contribution in [3.05, 3.63) is 0 Å². The second-order valence-electron chi connectivity index (χ2n) is 5.63. The van der Waals surface area contributed by atoms with E-state index in [9.17, 15) is 4.79 Å². The third-order valence-corrected chi connectivity index (χ3v) is 4.14. The fourth-order valence-corrected chi connectivity index (χ4v) is 2.84. The summed E-state index contributed by atoms with van der Waals surface area (Å²) in [5, 5.41) is 0. The van der Waals surface area contributed by atoms with Crippen LogP contribution in [0.1, 0.15) is 59.3 Å². The molecule has 0 N–H and O–H groups in total. The van der Waals surface area contributed by atoms with Crippen LogP contribution in [0.5, 0.6) is 0 Å². The van der Waals surface area contributed by atoms with Gasteiger partial charge in [0.05, 0.1) is 0 Å². The maximum absolute atomic E-state index is 11.4. The Balaban J connectivity index is 2.35. The summed E-state index contributed by atoms with van der Waals surface area (Å²) in [5.74, 6) is 1.53. The van der Waals surface area contributed by atoms with Gasteiger partial charge in [0.25, 0.3) is 0 Å². The molecule has 2 atom stereocenters. The van der Waals surface area contributed by atoms with Gasteiger partial charge in [0.2, 0.25) is 0 Å². The summed E-state index contributed by atoms with van der Waals surface area (Å²) in [6, 6.07) is 0. The van der Waals surface area contributed by atoms with Crippen LogP contribution in [0.2, 0.25) is 0 Å². The summed E-state index contributed by atoms with van der Waals surface area (Å²) in [6.45, 7) is 9.74. The molecule has 1 rings (SSSR count). The van der Waals surface area contributed by atoms with Gasteiger partial charge >= 0.3 is 0 Å². The molecule has 2 unspecified atom stereocenters. The normalized spacial score (nSPS) is 23.6. The molecule has 0 spiro atoms. The lowest BCUT2D eigenvalue weighted by Crippen LogP contribution is -2.40. The van der Waals surface area contributed by atoms with E-state index in [0.29, 0.717) is 11.7 Å². The van der Waals surface area contributed by atoms with Gasteiger partial charge in [-0.25, -0.2) is 0 Å². The molecule has 0 aromatic heterocycles. The fraction of sp³-hybridized carbons (Fsp3) is 0.933. The molecule has 0 aliphatic carbocycles. The highest BCUT2D eigenvalue weighted by Crippen LogP contribution is 2.21. The molecule has 0 bridgehead atoms. The first-order valence-corrected chi connectivity index (χ1v) is 7.40. The number of unbranched alkanes of at least 4 members (excludes halogenated alkanes) is 1. The van der Waals surface area contributed by atoms with Crippen molar-refractivity contribution in [3.63, 3.8) is 0 Å². The van der Waals surface area contributed by atoms with Crippen LogP contribution in [0.4, 0.5) is 0 Å². The summed E-state index contributed by atoms with van der Waals surface area (Å²) in [4.78, 5) is 14.0. The highest BCUT2D eigenvalue weighted by molar-refractivity contribution is 5.78. The molecular formula is C15H29NO. The quantitative estimate of drug-likeness (QED) is 0.677. The van der Waals surface area contributed by atoms with Gasteiger partial charge in [-0.05, 0) is 38.6 Å². The molecule has 0 aromatic carbocycles. The summed E-state index contributed by atoms with van der Waals surface area (Å²) < 4.78 is 0. The Kier molecular flexibility index (Phi) is 6.79. The van der Waals surface area contributed by atoms with Crippen molar-refractivity contribution in [1.82, 2.24) is 4.90 Å². The third-order valence-electron chi connectivity index (χ3n) is 4.14. The number of ketones is 1. The number of carbonyl (C=O) groups is 1. The first kappa shape index (κ1) is 14.7. The Labute approximate surface area is 107 Å². The van der Waals surface area contributed by atoms with E-state index < -0.39 is 0 Å². The maximum atomic E-state index is 11.4. The molecule has 0 aromatic rings. The topological polar surface area (TPSA) is 20.3 Å². The summed E-state index contributed by atoms with van der Waals surface area (Å²) >= 11 is 0. The predicted octanol–water partition coefficient (Wildman–Crippen LogP) is 3.50. The molecule has 0 radical (unpaired) electrons. The number of rotatable bonds is 7. The Morgan fingerprint density at radius 1 is 1.41 bits per heavy atom. The van der Waals surface area contributed by atoms with Crippen LogP contribution < -0.4 is 0 Å². The zero-order chi connectivity index (χ0) is 12.7.